The number of carbonyl (C=O) groups is 2. The van der Waals surface area contributed by atoms with Crippen molar-refractivity contribution in [1.82, 2.24) is 20.3 Å². The van der Waals surface area contributed by atoms with Gasteiger partial charge in [0.25, 0.3) is 5.91 Å². The Morgan fingerprint density at radius 1 is 1.16 bits per heavy atom. The van der Waals surface area contributed by atoms with Crippen molar-refractivity contribution < 1.29 is 22.8 Å². The first-order valence-corrected chi connectivity index (χ1v) is 13.1. The Balaban J connectivity index is 1.25. The molecule has 2 atom stereocenters. The minimum Gasteiger partial charge on any atom is -0.366 e. The number of rotatable bonds is 5. The minimum absolute atomic E-state index is 0.197. The van der Waals surface area contributed by atoms with E-state index in [0.717, 1.165) is 22.4 Å². The zero-order valence-electron chi connectivity index (χ0n) is 20.3. The first-order valence-electron chi connectivity index (χ1n) is 12.3. The summed E-state index contributed by atoms with van der Waals surface area (Å²) < 4.78 is 38.8. The van der Waals surface area contributed by atoms with Crippen LogP contribution in [0.4, 0.5) is 35.3 Å². The van der Waals surface area contributed by atoms with E-state index < -0.39 is 24.2 Å². The monoisotopic (exact) mass is 543 g/mol. The molecule has 0 spiro atoms. The van der Waals surface area contributed by atoms with Gasteiger partial charge in [-0.2, -0.15) is 13.2 Å². The van der Waals surface area contributed by atoms with Crippen LogP contribution in [0.2, 0.25) is 0 Å². The van der Waals surface area contributed by atoms with Crippen LogP contribution in [-0.4, -0.2) is 58.2 Å². The van der Waals surface area contributed by atoms with Crippen molar-refractivity contribution in [1.29, 1.82) is 0 Å². The fourth-order valence-electron chi connectivity index (χ4n) is 4.71. The third-order valence-corrected chi connectivity index (χ3v) is 8.18. The zero-order chi connectivity index (χ0) is 26.6. The maximum absolute atomic E-state index is 13.5. The highest BCUT2D eigenvalue weighted by molar-refractivity contribution is 7.15. The van der Waals surface area contributed by atoms with E-state index >= 15 is 0 Å². The van der Waals surface area contributed by atoms with E-state index in [1.807, 2.05) is 17.6 Å². The molecule has 1 saturated heterocycles. The number of halogens is 3. The number of anilines is 3. The SMILES string of the molecule is CC(NC(=O)c1ccc2c(n1)N(C(=O)Nc1cc(-c3cnc(C4CC4)s3)ccn1)[C@H]1CCN2C1)C(F)(F)F. The van der Waals surface area contributed by atoms with Crippen molar-refractivity contribution in [2.45, 2.75) is 50.4 Å². The summed E-state index contributed by atoms with van der Waals surface area (Å²) in [5.41, 5.74) is 1.34. The lowest BCUT2D eigenvalue weighted by atomic mass is 10.1. The van der Waals surface area contributed by atoms with Gasteiger partial charge in [0.2, 0.25) is 0 Å². The second-order valence-electron chi connectivity index (χ2n) is 9.73. The van der Waals surface area contributed by atoms with Gasteiger partial charge >= 0.3 is 12.2 Å². The van der Waals surface area contributed by atoms with Gasteiger partial charge < -0.3 is 10.2 Å². The molecule has 198 valence electrons. The number of urea groups is 1. The number of carbonyl (C=O) groups excluding carboxylic acids is 2. The van der Waals surface area contributed by atoms with Crippen LogP contribution >= 0.6 is 11.3 Å². The number of amides is 3. The molecule has 1 aliphatic carbocycles. The first kappa shape index (κ1) is 24.6. The molecule has 2 fully saturated rings. The van der Waals surface area contributed by atoms with Gasteiger partial charge in [0, 0.05) is 31.4 Å². The minimum atomic E-state index is -4.58. The van der Waals surface area contributed by atoms with Crippen molar-refractivity contribution in [3.05, 3.63) is 47.4 Å². The summed E-state index contributed by atoms with van der Waals surface area (Å²) in [4.78, 5) is 43.7. The molecule has 2 N–H and O–H groups in total. The van der Waals surface area contributed by atoms with Gasteiger partial charge in [-0.05, 0) is 56.0 Å². The van der Waals surface area contributed by atoms with E-state index in [2.05, 4.69) is 25.2 Å². The van der Waals surface area contributed by atoms with Crippen LogP contribution in [0.25, 0.3) is 10.4 Å². The van der Waals surface area contributed by atoms with Gasteiger partial charge in [0.05, 0.1) is 21.6 Å². The molecular weight excluding hydrogens is 519 g/mol. The molecule has 3 amide bonds. The molecule has 6 rings (SSSR count). The Morgan fingerprint density at radius 2 is 1.97 bits per heavy atom. The number of alkyl halides is 3. The molecule has 38 heavy (non-hydrogen) atoms. The summed E-state index contributed by atoms with van der Waals surface area (Å²) in [5.74, 6) is 0.173. The molecule has 2 bridgehead atoms. The Kier molecular flexibility index (Phi) is 5.97. The van der Waals surface area contributed by atoms with Crippen LogP contribution in [-0.2, 0) is 0 Å². The topological polar surface area (TPSA) is 103 Å². The van der Waals surface area contributed by atoms with Gasteiger partial charge in [0.15, 0.2) is 5.82 Å². The summed E-state index contributed by atoms with van der Waals surface area (Å²) in [6.45, 7) is 2.15. The van der Waals surface area contributed by atoms with E-state index in [1.54, 1.807) is 29.7 Å². The fourth-order valence-corrected chi connectivity index (χ4v) is 5.80. The molecule has 1 saturated carbocycles. The van der Waals surface area contributed by atoms with Crippen LogP contribution in [0, 0.1) is 0 Å². The fraction of sp³-hybridized carbons (Fsp3) is 0.400. The van der Waals surface area contributed by atoms with E-state index in [4.69, 9.17) is 0 Å². The van der Waals surface area contributed by atoms with Crippen LogP contribution < -0.4 is 20.4 Å². The average molecular weight is 544 g/mol. The maximum atomic E-state index is 13.5. The largest absolute Gasteiger partial charge is 0.408 e. The normalized spacial score (nSPS) is 19.2. The van der Waals surface area contributed by atoms with Crippen LogP contribution in [0.15, 0.2) is 36.7 Å². The van der Waals surface area contributed by atoms with E-state index in [1.165, 1.54) is 23.8 Å². The number of nitrogens with one attached hydrogen (secondary N) is 2. The molecule has 3 aromatic rings. The second kappa shape index (κ2) is 9.22. The quantitative estimate of drug-likeness (QED) is 0.480. The lowest BCUT2D eigenvalue weighted by molar-refractivity contribution is -0.149. The van der Waals surface area contributed by atoms with Gasteiger partial charge in [0.1, 0.15) is 17.6 Å². The molecule has 3 aromatic heterocycles. The molecule has 1 unspecified atom stereocenters. The molecule has 0 radical (unpaired) electrons. The number of hydrogen-bond donors (Lipinski definition) is 2. The van der Waals surface area contributed by atoms with Gasteiger partial charge in [-0.3, -0.25) is 15.0 Å². The van der Waals surface area contributed by atoms with Crippen molar-refractivity contribution in [2.24, 2.45) is 0 Å². The Labute approximate surface area is 220 Å². The van der Waals surface area contributed by atoms with Gasteiger partial charge in [-0.1, -0.05) is 0 Å². The smallest absolute Gasteiger partial charge is 0.366 e. The number of pyridine rings is 2. The highest BCUT2D eigenvalue weighted by Crippen LogP contribution is 2.44. The van der Waals surface area contributed by atoms with Crippen molar-refractivity contribution in [3.63, 3.8) is 0 Å². The van der Waals surface area contributed by atoms with E-state index in [9.17, 15) is 22.8 Å². The Morgan fingerprint density at radius 3 is 2.74 bits per heavy atom. The van der Waals surface area contributed by atoms with Crippen molar-refractivity contribution in [3.8, 4) is 10.4 Å². The lowest BCUT2D eigenvalue weighted by Crippen LogP contribution is -2.49. The van der Waals surface area contributed by atoms with Crippen molar-refractivity contribution in [2.75, 3.05) is 28.2 Å². The molecule has 9 nitrogen and oxygen atoms in total. The molecule has 5 heterocycles. The van der Waals surface area contributed by atoms with Crippen LogP contribution in [0.3, 0.4) is 0 Å². The van der Waals surface area contributed by atoms with Crippen molar-refractivity contribution >= 4 is 40.6 Å². The number of fused-ring (bicyclic) bond motifs is 4. The predicted molar refractivity (Wildman–Crippen MR) is 137 cm³/mol. The lowest BCUT2D eigenvalue weighted by Gasteiger charge is -2.35. The average Bonchev–Trinajstić information content (AvgIpc) is 3.46. The number of nitrogens with zero attached hydrogens (tertiary/aromatic N) is 5. The summed E-state index contributed by atoms with van der Waals surface area (Å²) in [6, 6.07) is 3.93. The predicted octanol–water partition coefficient (Wildman–Crippen LogP) is 4.79. The highest BCUT2D eigenvalue weighted by Gasteiger charge is 2.41. The Bertz CT molecular complexity index is 1410. The van der Waals surface area contributed by atoms with Crippen LogP contribution in [0.1, 0.15) is 47.6 Å². The number of hydrogen-bond acceptors (Lipinski definition) is 7. The van der Waals surface area contributed by atoms with Gasteiger partial charge in [-0.15, -0.1) is 11.3 Å². The standard InChI is InChI=1S/C25H24F3N7O2S/c1-13(25(26,27)28)31-22(36)17-4-5-18-21(32-17)35(16-7-9-34(18)12-16)24(37)33-20-10-15(6-8-29-20)19-11-30-23(38-19)14-2-3-14/h4-6,8,10-11,13-14,16H,2-3,7,9,12H2,1H3,(H,31,36)(H,29,33,37)/t13?,16-/m0/s1. The third-order valence-electron chi connectivity index (χ3n) is 6.97. The van der Waals surface area contributed by atoms with Crippen LogP contribution in [0.5, 0.6) is 0 Å². The maximum Gasteiger partial charge on any atom is 0.408 e. The third kappa shape index (κ3) is 4.66. The summed E-state index contributed by atoms with van der Waals surface area (Å²) in [5, 5.41) is 5.89. The first-order chi connectivity index (χ1) is 18.2. The number of thiazole rings is 1. The van der Waals surface area contributed by atoms with Gasteiger partial charge in [-0.25, -0.2) is 19.7 Å². The van der Waals surface area contributed by atoms with E-state index in [0.29, 0.717) is 36.9 Å². The zero-order valence-corrected chi connectivity index (χ0v) is 21.1. The summed E-state index contributed by atoms with van der Waals surface area (Å²) >= 11 is 1.64. The highest BCUT2D eigenvalue weighted by atomic mass is 32.1. The molecule has 13 heteroatoms. The summed E-state index contributed by atoms with van der Waals surface area (Å²) in [6.07, 6.45) is 1.89. The second-order valence-corrected chi connectivity index (χ2v) is 10.8. The molecule has 3 aliphatic rings. The summed E-state index contributed by atoms with van der Waals surface area (Å²) in [7, 11) is 0. The molecule has 2 aliphatic heterocycles. The molecular formula is C25H24F3N7O2S. The Hall–Kier alpha value is -3.74. The molecule has 0 aromatic carbocycles. The van der Waals surface area contributed by atoms with E-state index in [-0.39, 0.29) is 17.6 Å². The number of aromatic nitrogens is 3.